The van der Waals surface area contributed by atoms with E-state index in [1.165, 1.54) is 6.07 Å². The number of nitrogens with one attached hydrogen (secondary N) is 1. The molecule has 4 nitrogen and oxygen atoms in total. The van der Waals surface area contributed by atoms with Crippen LogP contribution in [0.2, 0.25) is 0 Å². The van der Waals surface area contributed by atoms with Gasteiger partial charge in [0.15, 0.2) is 11.6 Å². The lowest BCUT2D eigenvalue weighted by molar-refractivity contribution is -0.0300. The second-order valence-corrected chi connectivity index (χ2v) is 5.78. The molecule has 110 valence electrons. The first-order valence-electron chi connectivity index (χ1n) is 6.58. The van der Waals surface area contributed by atoms with E-state index >= 15 is 0 Å². The molecule has 0 aliphatic heterocycles. The number of hydrogen-bond acceptors (Lipinski definition) is 3. The van der Waals surface area contributed by atoms with E-state index in [1.54, 1.807) is 13.0 Å². The van der Waals surface area contributed by atoms with Gasteiger partial charge in [0, 0.05) is 11.0 Å². The number of rotatable bonds is 5. The van der Waals surface area contributed by atoms with Gasteiger partial charge in [0.25, 0.3) is 5.91 Å². The highest BCUT2D eigenvalue weighted by molar-refractivity contribution is 9.10. The zero-order valence-corrected chi connectivity index (χ0v) is 12.8. The molecule has 0 atom stereocenters. The van der Waals surface area contributed by atoms with Crippen LogP contribution in [0.4, 0.5) is 4.39 Å². The Balaban J connectivity index is 2.13. The van der Waals surface area contributed by atoms with Crippen molar-refractivity contribution in [2.45, 2.75) is 31.8 Å². The molecule has 1 fully saturated rings. The minimum atomic E-state index is -0.837. The second kappa shape index (κ2) is 6.10. The number of carbonyl (C=O) groups excluding carboxylic acids is 1. The summed E-state index contributed by atoms with van der Waals surface area (Å²) in [6.45, 7) is 2.20. The molecule has 0 unspecified atom stereocenters. The normalized spacial score (nSPS) is 16.4. The van der Waals surface area contributed by atoms with Gasteiger partial charge in [-0.25, -0.2) is 4.39 Å². The van der Waals surface area contributed by atoms with Crippen LogP contribution < -0.4 is 10.1 Å². The Labute approximate surface area is 125 Å². The van der Waals surface area contributed by atoms with Crippen LogP contribution in [0, 0.1) is 5.82 Å². The van der Waals surface area contributed by atoms with Crippen molar-refractivity contribution in [2.75, 3.05) is 13.2 Å². The first-order chi connectivity index (χ1) is 9.47. The molecule has 0 aromatic heterocycles. The van der Waals surface area contributed by atoms with Crippen LogP contribution >= 0.6 is 15.9 Å². The minimum Gasteiger partial charge on any atom is -0.491 e. The van der Waals surface area contributed by atoms with Crippen molar-refractivity contribution in [1.29, 1.82) is 0 Å². The summed E-state index contributed by atoms with van der Waals surface area (Å²) in [6.07, 6.45) is 2.27. The van der Waals surface area contributed by atoms with Crippen molar-refractivity contribution in [3.8, 4) is 5.75 Å². The molecular formula is C14H17BrFNO3. The molecule has 1 aliphatic carbocycles. The summed E-state index contributed by atoms with van der Waals surface area (Å²) < 4.78 is 19.7. The molecule has 0 saturated heterocycles. The predicted molar refractivity (Wildman–Crippen MR) is 76.4 cm³/mol. The lowest BCUT2D eigenvalue weighted by Gasteiger charge is -2.36. The number of aliphatic hydroxyl groups is 1. The van der Waals surface area contributed by atoms with Gasteiger partial charge in [-0.2, -0.15) is 0 Å². The monoisotopic (exact) mass is 345 g/mol. The van der Waals surface area contributed by atoms with Gasteiger partial charge >= 0.3 is 0 Å². The fraction of sp³-hybridized carbons (Fsp3) is 0.500. The molecule has 20 heavy (non-hydrogen) atoms. The summed E-state index contributed by atoms with van der Waals surface area (Å²) in [4.78, 5) is 12.1. The van der Waals surface area contributed by atoms with Gasteiger partial charge in [0.05, 0.1) is 17.8 Å². The molecule has 1 aliphatic rings. The highest BCUT2D eigenvalue weighted by Gasteiger charge is 2.35. The summed E-state index contributed by atoms with van der Waals surface area (Å²) in [6, 6.07) is 3.04. The van der Waals surface area contributed by atoms with E-state index in [1.807, 2.05) is 0 Å². The summed E-state index contributed by atoms with van der Waals surface area (Å²) in [5.41, 5.74) is -0.935. The molecular weight excluding hydrogens is 329 g/mol. The molecule has 2 N–H and O–H groups in total. The Morgan fingerprint density at radius 2 is 2.25 bits per heavy atom. The van der Waals surface area contributed by atoms with Crippen LogP contribution in [0.5, 0.6) is 5.75 Å². The number of amides is 1. The number of halogens is 2. The molecule has 6 heteroatoms. The zero-order valence-electron chi connectivity index (χ0n) is 11.2. The Kier molecular flexibility index (Phi) is 4.65. The van der Waals surface area contributed by atoms with E-state index in [-0.39, 0.29) is 17.9 Å². The molecule has 1 saturated carbocycles. The maximum absolute atomic E-state index is 14.2. The quantitative estimate of drug-likeness (QED) is 0.862. The standard InChI is InChI=1S/C14H17BrFNO3/c1-2-20-10-5-4-9(15)11(12(10)16)13(18)17-8-14(19)6-3-7-14/h4-5,19H,2-3,6-8H2,1H3,(H,17,18). The van der Waals surface area contributed by atoms with Crippen molar-refractivity contribution in [3.05, 3.63) is 28.0 Å². The first-order valence-corrected chi connectivity index (χ1v) is 7.37. The minimum absolute atomic E-state index is 0.0446. The molecule has 2 rings (SSSR count). The summed E-state index contributed by atoms with van der Waals surface area (Å²) >= 11 is 3.17. The van der Waals surface area contributed by atoms with E-state index in [9.17, 15) is 14.3 Å². The summed E-state index contributed by atoms with van der Waals surface area (Å²) in [5.74, 6) is -1.21. The van der Waals surface area contributed by atoms with E-state index < -0.39 is 17.3 Å². The maximum atomic E-state index is 14.2. The van der Waals surface area contributed by atoms with E-state index in [2.05, 4.69) is 21.2 Å². The Morgan fingerprint density at radius 3 is 2.80 bits per heavy atom. The van der Waals surface area contributed by atoms with Crippen molar-refractivity contribution in [1.82, 2.24) is 5.32 Å². The van der Waals surface area contributed by atoms with Gasteiger partial charge in [-0.3, -0.25) is 4.79 Å². The first kappa shape index (κ1) is 15.3. The van der Waals surface area contributed by atoms with Crippen molar-refractivity contribution in [3.63, 3.8) is 0 Å². The van der Waals surface area contributed by atoms with Gasteiger partial charge in [-0.05, 0) is 54.2 Å². The highest BCUT2D eigenvalue weighted by atomic mass is 79.9. The number of carbonyl (C=O) groups is 1. The topological polar surface area (TPSA) is 58.6 Å². The Morgan fingerprint density at radius 1 is 1.55 bits per heavy atom. The molecule has 0 bridgehead atoms. The fourth-order valence-corrected chi connectivity index (χ4v) is 2.59. The van der Waals surface area contributed by atoms with Crippen molar-refractivity contribution >= 4 is 21.8 Å². The van der Waals surface area contributed by atoms with Crippen molar-refractivity contribution < 1.29 is 19.0 Å². The SMILES string of the molecule is CCOc1ccc(Br)c(C(=O)NCC2(O)CCC2)c1F. The van der Waals surface area contributed by atoms with Crippen LogP contribution in [0.15, 0.2) is 16.6 Å². The molecule has 1 aromatic rings. The molecule has 0 spiro atoms. The molecule has 0 radical (unpaired) electrons. The number of benzene rings is 1. The van der Waals surface area contributed by atoms with Gasteiger partial charge < -0.3 is 15.2 Å². The average Bonchev–Trinajstić information content (AvgIpc) is 2.38. The van der Waals surface area contributed by atoms with Gasteiger partial charge in [0.1, 0.15) is 0 Å². The van der Waals surface area contributed by atoms with E-state index in [0.29, 0.717) is 23.9 Å². The zero-order chi connectivity index (χ0) is 14.8. The smallest absolute Gasteiger partial charge is 0.255 e. The third kappa shape index (κ3) is 3.12. The molecule has 1 aromatic carbocycles. The predicted octanol–water partition coefficient (Wildman–Crippen LogP) is 2.63. The Hall–Kier alpha value is -1.14. The third-order valence-electron chi connectivity index (χ3n) is 3.44. The van der Waals surface area contributed by atoms with E-state index in [0.717, 1.165) is 6.42 Å². The largest absolute Gasteiger partial charge is 0.491 e. The third-order valence-corrected chi connectivity index (χ3v) is 4.11. The molecule has 0 heterocycles. The lowest BCUT2D eigenvalue weighted by atomic mass is 9.80. The maximum Gasteiger partial charge on any atom is 0.255 e. The fourth-order valence-electron chi connectivity index (χ4n) is 2.10. The highest BCUT2D eigenvalue weighted by Crippen LogP contribution is 2.31. The second-order valence-electron chi connectivity index (χ2n) is 4.93. The lowest BCUT2D eigenvalue weighted by Crippen LogP contribution is -2.47. The van der Waals surface area contributed by atoms with Crippen LogP contribution in [0.25, 0.3) is 0 Å². The Bertz CT molecular complexity index is 517. The van der Waals surface area contributed by atoms with E-state index in [4.69, 9.17) is 4.74 Å². The summed E-state index contributed by atoms with van der Waals surface area (Å²) in [7, 11) is 0. The van der Waals surface area contributed by atoms with Crippen LogP contribution in [-0.4, -0.2) is 29.8 Å². The van der Waals surface area contributed by atoms with Crippen LogP contribution in [-0.2, 0) is 0 Å². The summed E-state index contributed by atoms with van der Waals surface area (Å²) in [5, 5.41) is 12.5. The number of hydrogen-bond donors (Lipinski definition) is 2. The van der Waals surface area contributed by atoms with Crippen molar-refractivity contribution in [2.24, 2.45) is 0 Å². The average molecular weight is 346 g/mol. The van der Waals surface area contributed by atoms with Gasteiger partial charge in [-0.1, -0.05) is 0 Å². The number of ether oxygens (including phenoxy) is 1. The molecule has 1 amide bonds. The van der Waals surface area contributed by atoms with Crippen LogP contribution in [0.3, 0.4) is 0 Å². The van der Waals surface area contributed by atoms with Crippen LogP contribution in [0.1, 0.15) is 36.5 Å². The van der Waals surface area contributed by atoms with Gasteiger partial charge in [-0.15, -0.1) is 0 Å². The van der Waals surface area contributed by atoms with Gasteiger partial charge in [0.2, 0.25) is 0 Å².